The summed E-state index contributed by atoms with van der Waals surface area (Å²) in [4.78, 5) is 2.13. The van der Waals surface area contributed by atoms with Crippen molar-refractivity contribution in [3.63, 3.8) is 0 Å². The Labute approximate surface area is 150 Å². The number of rotatable bonds is 11. The summed E-state index contributed by atoms with van der Waals surface area (Å²) in [7, 11) is 0. The van der Waals surface area contributed by atoms with Crippen molar-refractivity contribution in [2.24, 2.45) is 0 Å². The number of hydrogen-bond acceptors (Lipinski definition) is 4. The highest BCUT2D eigenvalue weighted by atomic mass is 16.5. The maximum atomic E-state index is 9.28. The third-order valence-electron chi connectivity index (χ3n) is 4.36. The summed E-state index contributed by atoms with van der Waals surface area (Å²) in [6.07, 6.45) is 1.99. The molecule has 2 rings (SSSR count). The maximum Gasteiger partial charge on any atom is 0.119 e. The molecule has 2 N–H and O–H groups in total. The van der Waals surface area contributed by atoms with Gasteiger partial charge in [0, 0.05) is 12.6 Å². The van der Waals surface area contributed by atoms with Crippen molar-refractivity contribution in [1.82, 2.24) is 4.90 Å². The molecule has 1 unspecified atom stereocenters. The molecule has 4 nitrogen and oxygen atoms in total. The van der Waals surface area contributed by atoms with E-state index >= 15 is 0 Å². The fourth-order valence-corrected chi connectivity index (χ4v) is 2.77. The average molecular weight is 343 g/mol. The van der Waals surface area contributed by atoms with Gasteiger partial charge in [-0.25, -0.2) is 0 Å². The summed E-state index contributed by atoms with van der Waals surface area (Å²) in [5.74, 6) is 0.883. The van der Waals surface area contributed by atoms with E-state index in [-0.39, 0.29) is 19.3 Å². The molecule has 0 aromatic heterocycles. The first-order valence-corrected chi connectivity index (χ1v) is 8.94. The first kappa shape index (κ1) is 19.4. The topological polar surface area (TPSA) is 52.9 Å². The largest absolute Gasteiger partial charge is 0.489 e. The van der Waals surface area contributed by atoms with Crippen LogP contribution in [0.15, 0.2) is 54.6 Å². The standard InChI is InChI=1S/C21H29NO3/c1-18(16-24)22(14-15-23)13-5-6-19-9-11-20(12-10-19)17-25-21-7-3-2-4-8-21/h2-4,7-12,18,23-24H,5-6,13-17H2,1H3. The predicted molar refractivity (Wildman–Crippen MR) is 101 cm³/mol. The van der Waals surface area contributed by atoms with E-state index in [4.69, 9.17) is 9.84 Å². The molecule has 0 bridgehead atoms. The zero-order valence-corrected chi connectivity index (χ0v) is 15.0. The molecule has 25 heavy (non-hydrogen) atoms. The number of aryl methyl sites for hydroxylation is 1. The predicted octanol–water partition coefficient (Wildman–Crippen LogP) is 2.87. The fourth-order valence-electron chi connectivity index (χ4n) is 2.77. The number of aliphatic hydroxyl groups is 2. The summed E-state index contributed by atoms with van der Waals surface area (Å²) in [6, 6.07) is 18.4. The van der Waals surface area contributed by atoms with E-state index in [9.17, 15) is 5.11 Å². The molecule has 2 aromatic rings. The van der Waals surface area contributed by atoms with Crippen LogP contribution in [-0.2, 0) is 13.0 Å². The Morgan fingerprint density at radius 2 is 1.60 bits per heavy atom. The van der Waals surface area contributed by atoms with Crippen LogP contribution >= 0.6 is 0 Å². The second kappa shape index (κ2) is 10.9. The van der Waals surface area contributed by atoms with Gasteiger partial charge in [0.05, 0.1) is 13.2 Å². The van der Waals surface area contributed by atoms with E-state index in [1.54, 1.807) is 0 Å². The Kier molecular flexibility index (Phi) is 8.46. The number of nitrogens with zero attached hydrogens (tertiary/aromatic N) is 1. The van der Waals surface area contributed by atoms with Gasteiger partial charge in [-0.05, 0) is 49.6 Å². The molecule has 0 amide bonds. The maximum absolute atomic E-state index is 9.28. The molecule has 0 aliphatic rings. The average Bonchev–Trinajstić information content (AvgIpc) is 2.67. The van der Waals surface area contributed by atoms with Crippen LogP contribution in [0.1, 0.15) is 24.5 Å². The molecular formula is C21H29NO3. The smallest absolute Gasteiger partial charge is 0.119 e. The lowest BCUT2D eigenvalue weighted by molar-refractivity contribution is 0.110. The second-order valence-corrected chi connectivity index (χ2v) is 6.31. The quantitative estimate of drug-likeness (QED) is 0.659. The van der Waals surface area contributed by atoms with Crippen LogP contribution in [0, 0.1) is 0 Å². The van der Waals surface area contributed by atoms with Gasteiger partial charge < -0.3 is 14.9 Å². The first-order valence-electron chi connectivity index (χ1n) is 8.94. The minimum absolute atomic E-state index is 0.0876. The van der Waals surface area contributed by atoms with Crippen molar-refractivity contribution in [3.8, 4) is 5.75 Å². The number of para-hydroxylation sites is 1. The molecule has 0 heterocycles. The Balaban J connectivity index is 1.76. The zero-order chi connectivity index (χ0) is 17.9. The van der Waals surface area contributed by atoms with Crippen LogP contribution in [0.4, 0.5) is 0 Å². The summed E-state index contributed by atoms with van der Waals surface area (Å²) in [6.45, 7) is 4.29. The van der Waals surface area contributed by atoms with Crippen molar-refractivity contribution in [2.75, 3.05) is 26.3 Å². The lowest BCUT2D eigenvalue weighted by Gasteiger charge is -2.26. The molecule has 0 aliphatic heterocycles. The van der Waals surface area contributed by atoms with Gasteiger partial charge in [-0.15, -0.1) is 0 Å². The van der Waals surface area contributed by atoms with Gasteiger partial charge in [0.2, 0.25) is 0 Å². The van der Waals surface area contributed by atoms with Crippen LogP contribution in [-0.4, -0.2) is 47.5 Å². The van der Waals surface area contributed by atoms with Crippen LogP contribution < -0.4 is 4.74 Å². The second-order valence-electron chi connectivity index (χ2n) is 6.31. The third-order valence-corrected chi connectivity index (χ3v) is 4.36. The van der Waals surface area contributed by atoms with E-state index in [0.29, 0.717) is 13.2 Å². The molecule has 0 spiro atoms. The highest BCUT2D eigenvalue weighted by Gasteiger charge is 2.11. The Morgan fingerprint density at radius 1 is 0.920 bits per heavy atom. The van der Waals surface area contributed by atoms with Gasteiger partial charge in [-0.3, -0.25) is 4.90 Å². The Hall–Kier alpha value is -1.88. The molecule has 0 saturated heterocycles. The van der Waals surface area contributed by atoms with Crippen LogP contribution in [0.5, 0.6) is 5.75 Å². The summed E-state index contributed by atoms with van der Waals surface area (Å²) >= 11 is 0. The Bertz CT molecular complexity index is 586. The fraction of sp³-hybridized carbons (Fsp3) is 0.429. The molecule has 1 atom stereocenters. The SMILES string of the molecule is CC(CO)N(CCO)CCCc1ccc(COc2ccccc2)cc1. The van der Waals surface area contributed by atoms with Crippen molar-refractivity contribution in [2.45, 2.75) is 32.4 Å². The van der Waals surface area contributed by atoms with E-state index in [2.05, 4.69) is 29.2 Å². The van der Waals surface area contributed by atoms with Gasteiger partial charge in [0.1, 0.15) is 12.4 Å². The van der Waals surface area contributed by atoms with Crippen LogP contribution in [0.3, 0.4) is 0 Å². The summed E-state index contributed by atoms with van der Waals surface area (Å²) in [5.41, 5.74) is 2.45. The summed E-state index contributed by atoms with van der Waals surface area (Å²) < 4.78 is 5.76. The third kappa shape index (κ3) is 6.86. The minimum atomic E-state index is 0.0876. The van der Waals surface area contributed by atoms with E-state index in [1.165, 1.54) is 5.56 Å². The summed E-state index contributed by atoms with van der Waals surface area (Å²) in [5, 5.41) is 18.4. The molecule has 0 fully saturated rings. The van der Waals surface area contributed by atoms with Gasteiger partial charge in [-0.1, -0.05) is 42.5 Å². The molecule has 136 valence electrons. The van der Waals surface area contributed by atoms with Crippen molar-refractivity contribution in [3.05, 3.63) is 65.7 Å². The van der Waals surface area contributed by atoms with Crippen molar-refractivity contribution < 1.29 is 14.9 Å². The molecular weight excluding hydrogens is 314 g/mol. The highest BCUT2D eigenvalue weighted by Crippen LogP contribution is 2.13. The molecule has 2 aromatic carbocycles. The highest BCUT2D eigenvalue weighted by molar-refractivity contribution is 5.24. The first-order chi connectivity index (χ1) is 12.2. The number of aliphatic hydroxyl groups excluding tert-OH is 2. The van der Waals surface area contributed by atoms with E-state index < -0.39 is 0 Å². The lowest BCUT2D eigenvalue weighted by atomic mass is 10.1. The zero-order valence-electron chi connectivity index (χ0n) is 15.0. The molecule has 0 aliphatic carbocycles. The van der Waals surface area contributed by atoms with E-state index in [1.807, 2.05) is 37.3 Å². The number of ether oxygens (including phenoxy) is 1. The van der Waals surface area contributed by atoms with Gasteiger partial charge in [-0.2, -0.15) is 0 Å². The monoisotopic (exact) mass is 343 g/mol. The number of hydrogen-bond donors (Lipinski definition) is 2. The van der Waals surface area contributed by atoms with E-state index in [0.717, 1.165) is 30.7 Å². The Morgan fingerprint density at radius 3 is 2.24 bits per heavy atom. The van der Waals surface area contributed by atoms with Crippen molar-refractivity contribution >= 4 is 0 Å². The molecule has 0 saturated carbocycles. The van der Waals surface area contributed by atoms with Gasteiger partial charge in [0.25, 0.3) is 0 Å². The van der Waals surface area contributed by atoms with Crippen molar-refractivity contribution in [1.29, 1.82) is 0 Å². The van der Waals surface area contributed by atoms with Crippen LogP contribution in [0.2, 0.25) is 0 Å². The van der Waals surface area contributed by atoms with Gasteiger partial charge >= 0.3 is 0 Å². The minimum Gasteiger partial charge on any atom is -0.489 e. The molecule has 4 heteroatoms. The normalized spacial score (nSPS) is 12.3. The van der Waals surface area contributed by atoms with Gasteiger partial charge in [0.15, 0.2) is 0 Å². The van der Waals surface area contributed by atoms with Crippen LogP contribution in [0.25, 0.3) is 0 Å². The lowest BCUT2D eigenvalue weighted by Crippen LogP contribution is -2.38. The number of benzene rings is 2. The molecule has 0 radical (unpaired) electrons.